The summed E-state index contributed by atoms with van der Waals surface area (Å²) >= 11 is 0. The molecule has 1 unspecified atom stereocenters. The molecule has 0 saturated heterocycles. The van der Waals surface area contributed by atoms with Gasteiger partial charge in [0.05, 0.1) is 22.4 Å². The maximum absolute atomic E-state index is 3.90. The van der Waals surface area contributed by atoms with E-state index < -0.39 is 0 Å². The van der Waals surface area contributed by atoms with Crippen molar-refractivity contribution in [3.05, 3.63) is 206 Å². The number of anilines is 3. The Hall–Kier alpha value is -7.36. The molecule has 10 aromatic carbocycles. The fourth-order valence-electron chi connectivity index (χ4n) is 9.40. The molecule has 11 aromatic rings. The molecule has 3 nitrogen and oxygen atoms in total. The summed E-state index contributed by atoms with van der Waals surface area (Å²) in [5.41, 5.74) is 10.7. The van der Waals surface area contributed by atoms with Crippen molar-refractivity contribution in [1.82, 2.24) is 4.57 Å². The van der Waals surface area contributed by atoms with Gasteiger partial charge in [-0.1, -0.05) is 152 Å². The van der Waals surface area contributed by atoms with Gasteiger partial charge in [-0.25, -0.2) is 0 Å². The van der Waals surface area contributed by atoms with Crippen LogP contribution in [0.2, 0.25) is 0 Å². The van der Waals surface area contributed by atoms with E-state index in [1.54, 1.807) is 0 Å². The van der Waals surface area contributed by atoms with Gasteiger partial charge in [0.25, 0.3) is 0 Å². The van der Waals surface area contributed by atoms with Crippen LogP contribution in [0.3, 0.4) is 0 Å². The van der Waals surface area contributed by atoms with E-state index >= 15 is 0 Å². The third-order valence-electron chi connectivity index (χ3n) is 11.9. The van der Waals surface area contributed by atoms with E-state index in [4.69, 9.17) is 0 Å². The molecule has 0 fully saturated rings. The number of benzene rings is 10. The molecule has 56 heavy (non-hydrogen) atoms. The lowest BCUT2D eigenvalue weighted by Gasteiger charge is -2.28. The number of rotatable bonds is 4. The van der Waals surface area contributed by atoms with Crippen LogP contribution < -0.4 is 10.2 Å². The molecule has 262 valence electrons. The third-order valence-corrected chi connectivity index (χ3v) is 11.9. The lowest BCUT2D eigenvalue weighted by molar-refractivity contribution is 0.830. The van der Waals surface area contributed by atoms with Crippen molar-refractivity contribution in [3.63, 3.8) is 0 Å². The first kappa shape index (κ1) is 31.0. The van der Waals surface area contributed by atoms with Gasteiger partial charge in [-0.15, -0.1) is 0 Å². The van der Waals surface area contributed by atoms with Crippen LogP contribution in [-0.2, 0) is 0 Å². The SMILES string of the molecule is c1ccc(C2Nc3ccc4ccc5ccc(-c6cccc(-n7c8ccc9ccccc9c8c8c9ccccc9ccc87)c6)cc5c4c3N2c2ccccc2)cc1. The van der Waals surface area contributed by atoms with Crippen LogP contribution in [-0.4, -0.2) is 4.57 Å². The van der Waals surface area contributed by atoms with Crippen LogP contribution in [0.1, 0.15) is 11.7 Å². The van der Waals surface area contributed by atoms with E-state index in [9.17, 15) is 0 Å². The molecule has 1 atom stereocenters. The molecule has 1 aliphatic heterocycles. The van der Waals surface area contributed by atoms with Crippen LogP contribution in [0.5, 0.6) is 0 Å². The highest BCUT2D eigenvalue weighted by atomic mass is 15.3. The number of hydrogen-bond donors (Lipinski definition) is 1. The maximum Gasteiger partial charge on any atom is 0.130 e. The number of para-hydroxylation sites is 1. The summed E-state index contributed by atoms with van der Waals surface area (Å²) < 4.78 is 2.46. The van der Waals surface area contributed by atoms with E-state index in [-0.39, 0.29) is 6.17 Å². The van der Waals surface area contributed by atoms with Gasteiger partial charge in [-0.3, -0.25) is 0 Å². The number of nitrogens with zero attached hydrogens (tertiary/aromatic N) is 2. The minimum Gasteiger partial charge on any atom is -0.359 e. The summed E-state index contributed by atoms with van der Waals surface area (Å²) in [6.45, 7) is 0. The fourth-order valence-corrected chi connectivity index (χ4v) is 9.40. The van der Waals surface area contributed by atoms with Crippen LogP contribution in [0.15, 0.2) is 200 Å². The first-order valence-electron chi connectivity index (χ1n) is 19.4. The van der Waals surface area contributed by atoms with Crippen LogP contribution in [0.4, 0.5) is 17.1 Å². The highest BCUT2D eigenvalue weighted by Crippen LogP contribution is 2.51. The molecule has 0 spiro atoms. The Bertz CT molecular complexity index is 3250. The minimum absolute atomic E-state index is 0.0326. The van der Waals surface area contributed by atoms with Crippen molar-refractivity contribution in [3.8, 4) is 16.8 Å². The van der Waals surface area contributed by atoms with Crippen molar-refractivity contribution in [2.75, 3.05) is 10.2 Å². The van der Waals surface area contributed by atoms with Crippen molar-refractivity contribution in [2.24, 2.45) is 0 Å². The predicted molar refractivity (Wildman–Crippen MR) is 238 cm³/mol. The summed E-state index contributed by atoms with van der Waals surface area (Å²) in [4.78, 5) is 2.48. The van der Waals surface area contributed by atoms with Crippen molar-refractivity contribution in [1.29, 1.82) is 0 Å². The van der Waals surface area contributed by atoms with Crippen LogP contribution in [0, 0.1) is 0 Å². The van der Waals surface area contributed by atoms with E-state index in [1.165, 1.54) is 87.3 Å². The maximum atomic E-state index is 3.90. The quantitative estimate of drug-likeness (QED) is 0.183. The smallest absolute Gasteiger partial charge is 0.130 e. The average molecular weight is 714 g/mol. The Morgan fingerprint density at radius 2 is 0.929 bits per heavy atom. The van der Waals surface area contributed by atoms with E-state index in [2.05, 4.69) is 215 Å². The lowest BCUT2D eigenvalue weighted by Crippen LogP contribution is -2.23. The normalized spacial score (nSPS) is 14.0. The predicted octanol–water partition coefficient (Wildman–Crippen LogP) is 14.3. The Morgan fingerprint density at radius 1 is 0.375 bits per heavy atom. The second-order valence-electron chi connectivity index (χ2n) is 15.0. The summed E-state index contributed by atoms with van der Waals surface area (Å²) in [5.74, 6) is 0. The highest BCUT2D eigenvalue weighted by Gasteiger charge is 2.33. The van der Waals surface area contributed by atoms with Gasteiger partial charge in [-0.05, 0) is 103 Å². The summed E-state index contributed by atoms with van der Waals surface area (Å²) in [6, 6.07) is 73.4. The molecule has 0 bridgehead atoms. The van der Waals surface area contributed by atoms with E-state index in [0.717, 1.165) is 17.1 Å². The Balaban J connectivity index is 1.07. The number of nitrogens with one attached hydrogen (secondary N) is 1. The minimum atomic E-state index is -0.0326. The molecule has 1 N–H and O–H groups in total. The molecule has 3 heteroatoms. The number of hydrogen-bond acceptors (Lipinski definition) is 2. The monoisotopic (exact) mass is 713 g/mol. The second kappa shape index (κ2) is 12.1. The van der Waals surface area contributed by atoms with Gasteiger partial charge in [0.1, 0.15) is 6.17 Å². The first-order chi connectivity index (χ1) is 27.8. The van der Waals surface area contributed by atoms with Gasteiger partial charge < -0.3 is 14.8 Å². The molecule has 0 radical (unpaired) electrons. The molecule has 1 aliphatic rings. The highest BCUT2D eigenvalue weighted by molar-refractivity contribution is 6.28. The topological polar surface area (TPSA) is 20.2 Å². The van der Waals surface area contributed by atoms with Gasteiger partial charge in [0, 0.05) is 27.5 Å². The lowest BCUT2D eigenvalue weighted by atomic mass is 9.95. The van der Waals surface area contributed by atoms with Gasteiger partial charge in [0.15, 0.2) is 0 Å². The van der Waals surface area contributed by atoms with Gasteiger partial charge >= 0.3 is 0 Å². The Kier molecular flexibility index (Phi) is 6.69. The first-order valence-corrected chi connectivity index (χ1v) is 19.4. The Labute approximate surface area is 324 Å². The Morgan fingerprint density at radius 3 is 1.66 bits per heavy atom. The summed E-state index contributed by atoms with van der Waals surface area (Å²) in [5, 5.41) is 16.5. The van der Waals surface area contributed by atoms with E-state index in [0.29, 0.717) is 0 Å². The molecular weight excluding hydrogens is 679 g/mol. The summed E-state index contributed by atoms with van der Waals surface area (Å²) in [6.07, 6.45) is -0.0326. The van der Waals surface area contributed by atoms with Crippen molar-refractivity contribution in [2.45, 2.75) is 6.17 Å². The molecule has 0 saturated carbocycles. The molecule has 2 heterocycles. The van der Waals surface area contributed by atoms with Crippen LogP contribution in [0.25, 0.3) is 81.7 Å². The molecule has 0 aliphatic carbocycles. The molecular formula is C53H35N3. The standard InChI is InChI=1S/C53H35N3/c1-3-14-38(15-4-1)53-54-46-29-26-37-24-22-36-23-25-40(33-45(36)49(37)52(46)56(53)41-17-5-2-6-18-41)39-16-11-19-42(32-39)55-47-30-27-34-12-7-9-20-43(34)50(47)51-44-21-10-8-13-35(44)28-31-48(51)55/h1-33,53-54H. The zero-order valence-electron chi connectivity index (χ0n) is 30.5. The summed E-state index contributed by atoms with van der Waals surface area (Å²) in [7, 11) is 0. The zero-order chi connectivity index (χ0) is 36.7. The third kappa shape index (κ3) is 4.58. The zero-order valence-corrected chi connectivity index (χ0v) is 30.5. The molecule has 0 amide bonds. The largest absolute Gasteiger partial charge is 0.359 e. The van der Waals surface area contributed by atoms with E-state index in [1.807, 2.05) is 0 Å². The van der Waals surface area contributed by atoms with Gasteiger partial charge in [-0.2, -0.15) is 0 Å². The van der Waals surface area contributed by atoms with Crippen molar-refractivity contribution >= 4 is 82.0 Å². The number of fused-ring (bicyclic) bond motifs is 12. The second-order valence-corrected chi connectivity index (χ2v) is 15.0. The molecule has 12 rings (SSSR count). The number of aromatic nitrogens is 1. The van der Waals surface area contributed by atoms with Crippen molar-refractivity contribution < 1.29 is 0 Å². The molecule has 1 aromatic heterocycles. The van der Waals surface area contributed by atoms with Gasteiger partial charge in [0.2, 0.25) is 0 Å². The fraction of sp³-hybridized carbons (Fsp3) is 0.0189. The average Bonchev–Trinajstić information content (AvgIpc) is 3.84. The van der Waals surface area contributed by atoms with Crippen LogP contribution >= 0.6 is 0 Å².